The van der Waals surface area contributed by atoms with Crippen molar-refractivity contribution in [3.05, 3.63) is 27.2 Å². The number of nitrogens with zero attached hydrogens (tertiary/aromatic N) is 3. The topological polar surface area (TPSA) is 50.7 Å². The Kier molecular flexibility index (Phi) is 4.65. The molecular weight excluding hydrogens is 276 g/mol. The van der Waals surface area contributed by atoms with Crippen molar-refractivity contribution in [3.63, 3.8) is 0 Å². The molecule has 1 atom stereocenters. The summed E-state index contributed by atoms with van der Waals surface area (Å²) in [5.41, 5.74) is 2.29. The predicted molar refractivity (Wildman–Crippen MR) is 80.8 cm³/mol. The Labute approximate surface area is 122 Å². The third-order valence-corrected chi connectivity index (χ3v) is 4.28. The molecule has 0 fully saturated rings. The van der Waals surface area contributed by atoms with Crippen molar-refractivity contribution < 1.29 is 0 Å². The molecule has 2 aromatic rings. The van der Waals surface area contributed by atoms with E-state index < -0.39 is 0 Å². The molecule has 104 valence electrons. The van der Waals surface area contributed by atoms with Crippen LogP contribution < -0.4 is 5.32 Å². The fourth-order valence-electron chi connectivity index (χ4n) is 1.78. The number of thiazole rings is 1. The highest BCUT2D eigenvalue weighted by Gasteiger charge is 2.20. The van der Waals surface area contributed by atoms with Gasteiger partial charge >= 0.3 is 0 Å². The molecule has 2 aromatic heterocycles. The third kappa shape index (κ3) is 3.81. The first-order chi connectivity index (χ1) is 9.00. The van der Waals surface area contributed by atoms with Crippen LogP contribution in [0.2, 0.25) is 0 Å². The first kappa shape index (κ1) is 14.6. The minimum atomic E-state index is 0.116. The highest BCUT2D eigenvalue weighted by molar-refractivity contribution is 7.09. The highest BCUT2D eigenvalue weighted by Crippen LogP contribution is 2.26. The van der Waals surface area contributed by atoms with Gasteiger partial charge in [-0.3, -0.25) is 0 Å². The summed E-state index contributed by atoms with van der Waals surface area (Å²) in [5.74, 6) is 0. The number of aromatic nitrogens is 3. The summed E-state index contributed by atoms with van der Waals surface area (Å²) in [6.45, 7) is 9.60. The first-order valence-electron chi connectivity index (χ1n) is 6.46. The Morgan fingerprint density at radius 3 is 2.63 bits per heavy atom. The van der Waals surface area contributed by atoms with Gasteiger partial charge in [0.05, 0.1) is 22.4 Å². The maximum absolute atomic E-state index is 4.75. The van der Waals surface area contributed by atoms with Crippen LogP contribution in [0, 0.1) is 0 Å². The normalized spacial score (nSPS) is 13.7. The van der Waals surface area contributed by atoms with E-state index in [0.29, 0.717) is 0 Å². The van der Waals surface area contributed by atoms with Gasteiger partial charge in [0.25, 0.3) is 0 Å². The van der Waals surface area contributed by atoms with E-state index in [9.17, 15) is 0 Å². The summed E-state index contributed by atoms with van der Waals surface area (Å²) in [6, 6.07) is 0.211. The summed E-state index contributed by atoms with van der Waals surface area (Å²) in [6.07, 6.45) is 0.875. The molecule has 19 heavy (non-hydrogen) atoms. The molecule has 4 nitrogen and oxygen atoms in total. The molecule has 6 heteroatoms. The van der Waals surface area contributed by atoms with Crippen LogP contribution >= 0.6 is 22.9 Å². The summed E-state index contributed by atoms with van der Waals surface area (Å²) in [4.78, 5) is 4.75. The molecule has 0 aliphatic heterocycles. The lowest BCUT2D eigenvalue weighted by Crippen LogP contribution is -2.23. The predicted octanol–water partition coefficient (Wildman–Crippen LogP) is 3.19. The molecule has 0 aliphatic rings. The first-order valence-corrected chi connectivity index (χ1v) is 8.17. The van der Waals surface area contributed by atoms with Gasteiger partial charge in [0.1, 0.15) is 0 Å². The summed E-state index contributed by atoms with van der Waals surface area (Å²) in [7, 11) is 0. The van der Waals surface area contributed by atoms with Crippen LogP contribution in [0.3, 0.4) is 0 Å². The molecule has 2 heterocycles. The number of likely N-dealkylation sites (N-methyl/N-ethyl adjacent to an activating group) is 1. The van der Waals surface area contributed by atoms with Gasteiger partial charge in [0.2, 0.25) is 0 Å². The van der Waals surface area contributed by atoms with Gasteiger partial charge in [-0.2, -0.15) is 0 Å². The summed E-state index contributed by atoms with van der Waals surface area (Å²) < 4.78 is 3.95. The van der Waals surface area contributed by atoms with E-state index in [1.807, 2.05) is 5.38 Å². The quantitative estimate of drug-likeness (QED) is 0.920. The Morgan fingerprint density at radius 2 is 2.11 bits per heavy atom. The van der Waals surface area contributed by atoms with E-state index in [1.165, 1.54) is 17.2 Å². The maximum Gasteiger partial charge on any atom is 0.0948 e. The molecule has 1 N–H and O–H groups in total. The smallest absolute Gasteiger partial charge is 0.0948 e. The molecule has 0 radical (unpaired) electrons. The van der Waals surface area contributed by atoms with Crippen LogP contribution in [-0.4, -0.2) is 21.1 Å². The van der Waals surface area contributed by atoms with Crippen LogP contribution in [-0.2, 0) is 11.8 Å². The van der Waals surface area contributed by atoms with Gasteiger partial charge < -0.3 is 5.32 Å². The van der Waals surface area contributed by atoms with E-state index in [1.54, 1.807) is 11.3 Å². The molecule has 0 amide bonds. The second kappa shape index (κ2) is 6.07. The number of hydrogen-bond donors (Lipinski definition) is 1. The van der Waals surface area contributed by atoms with Crippen molar-refractivity contribution >= 4 is 22.9 Å². The molecule has 0 saturated heterocycles. The summed E-state index contributed by atoms with van der Waals surface area (Å²) >= 11 is 3.13. The standard InChI is InChI=1S/C13H20N4S2/c1-5-14-9(10-7-19-17-16-10)6-12-15-11(8-18-12)13(2,3)4/h7-9,14H,5-6H2,1-4H3. The fraction of sp³-hybridized carbons (Fsp3) is 0.615. The zero-order valence-corrected chi connectivity index (χ0v) is 13.4. The van der Waals surface area contributed by atoms with Gasteiger partial charge in [0.15, 0.2) is 0 Å². The molecule has 0 spiro atoms. The van der Waals surface area contributed by atoms with Crippen molar-refractivity contribution in [2.24, 2.45) is 0 Å². The lowest BCUT2D eigenvalue weighted by Gasteiger charge is -2.15. The van der Waals surface area contributed by atoms with E-state index >= 15 is 0 Å². The Balaban J connectivity index is 2.11. The molecule has 0 aliphatic carbocycles. The number of rotatable bonds is 5. The Hall–Kier alpha value is -0.850. The second-order valence-electron chi connectivity index (χ2n) is 5.52. The van der Waals surface area contributed by atoms with Crippen LogP contribution in [0.4, 0.5) is 0 Å². The maximum atomic E-state index is 4.75. The zero-order chi connectivity index (χ0) is 13.9. The van der Waals surface area contributed by atoms with Gasteiger partial charge in [-0.05, 0) is 18.1 Å². The van der Waals surface area contributed by atoms with Crippen molar-refractivity contribution in [1.82, 2.24) is 19.9 Å². The number of nitrogens with one attached hydrogen (secondary N) is 1. The lowest BCUT2D eigenvalue weighted by molar-refractivity contribution is 0.528. The third-order valence-electron chi connectivity index (χ3n) is 2.88. The fourth-order valence-corrected chi connectivity index (χ4v) is 3.35. The molecule has 0 saturated carbocycles. The van der Waals surface area contributed by atoms with Crippen molar-refractivity contribution in [3.8, 4) is 0 Å². The number of hydrogen-bond acceptors (Lipinski definition) is 6. The second-order valence-corrected chi connectivity index (χ2v) is 7.07. The Morgan fingerprint density at radius 1 is 1.32 bits per heavy atom. The lowest BCUT2D eigenvalue weighted by atomic mass is 9.93. The summed E-state index contributed by atoms with van der Waals surface area (Å²) in [5, 5.41) is 12.9. The highest BCUT2D eigenvalue weighted by atomic mass is 32.1. The van der Waals surface area contributed by atoms with Crippen molar-refractivity contribution in [1.29, 1.82) is 0 Å². The van der Waals surface area contributed by atoms with Crippen LogP contribution in [0.5, 0.6) is 0 Å². The monoisotopic (exact) mass is 296 g/mol. The SMILES string of the molecule is CCNC(Cc1nc(C(C)(C)C)cs1)c1csnn1. The molecule has 1 unspecified atom stereocenters. The molecule has 2 rings (SSSR count). The average Bonchev–Trinajstić information content (AvgIpc) is 2.98. The minimum absolute atomic E-state index is 0.116. The Bertz CT molecular complexity index is 499. The van der Waals surface area contributed by atoms with Crippen molar-refractivity contribution in [2.45, 2.75) is 45.6 Å². The minimum Gasteiger partial charge on any atom is -0.308 e. The van der Waals surface area contributed by atoms with Gasteiger partial charge in [-0.15, -0.1) is 16.4 Å². The van der Waals surface area contributed by atoms with Crippen molar-refractivity contribution in [2.75, 3.05) is 6.54 Å². The molecule has 0 aromatic carbocycles. The van der Waals surface area contributed by atoms with Gasteiger partial charge in [-0.1, -0.05) is 32.2 Å². The van der Waals surface area contributed by atoms with Crippen LogP contribution in [0.25, 0.3) is 0 Å². The van der Waals surface area contributed by atoms with E-state index in [2.05, 4.69) is 48.0 Å². The van der Waals surface area contributed by atoms with Crippen LogP contribution in [0.1, 0.15) is 50.1 Å². The van der Waals surface area contributed by atoms with Crippen LogP contribution in [0.15, 0.2) is 10.8 Å². The van der Waals surface area contributed by atoms with E-state index in [4.69, 9.17) is 4.98 Å². The van der Waals surface area contributed by atoms with Gasteiger partial charge in [-0.25, -0.2) is 4.98 Å². The van der Waals surface area contributed by atoms with E-state index in [0.717, 1.165) is 23.7 Å². The van der Waals surface area contributed by atoms with Gasteiger partial charge in [0, 0.05) is 22.6 Å². The largest absolute Gasteiger partial charge is 0.308 e. The zero-order valence-electron chi connectivity index (χ0n) is 11.8. The molecular formula is C13H20N4S2. The molecule has 0 bridgehead atoms. The average molecular weight is 296 g/mol. The van der Waals surface area contributed by atoms with E-state index in [-0.39, 0.29) is 11.5 Å².